The van der Waals surface area contributed by atoms with E-state index in [2.05, 4.69) is 11.9 Å². The van der Waals surface area contributed by atoms with Crippen LogP contribution in [0.4, 0.5) is 5.69 Å². The van der Waals surface area contributed by atoms with E-state index in [1.54, 1.807) is 25.1 Å². The summed E-state index contributed by atoms with van der Waals surface area (Å²) in [5.41, 5.74) is 2.25. The van der Waals surface area contributed by atoms with Crippen LogP contribution < -0.4 is 10.2 Å². The van der Waals surface area contributed by atoms with Crippen molar-refractivity contribution in [2.75, 3.05) is 24.7 Å². The first-order chi connectivity index (χ1) is 22.1. The van der Waals surface area contributed by atoms with Gasteiger partial charge in [0.2, 0.25) is 12.2 Å². The van der Waals surface area contributed by atoms with Crippen LogP contribution in [-0.2, 0) is 51.0 Å². The Bertz CT molecular complexity index is 1370. The average molecular weight is 641 g/mol. The Morgan fingerprint density at radius 3 is 2.48 bits per heavy atom. The monoisotopic (exact) mass is 640 g/mol. The Labute approximate surface area is 266 Å². The molecule has 13 nitrogen and oxygen atoms in total. The number of esters is 3. The highest BCUT2D eigenvalue weighted by Gasteiger charge is 2.49. The van der Waals surface area contributed by atoms with Crippen molar-refractivity contribution in [1.29, 1.82) is 0 Å². The van der Waals surface area contributed by atoms with Gasteiger partial charge >= 0.3 is 17.9 Å². The molecule has 0 radical (unpaired) electrons. The minimum Gasteiger partial charge on any atom is -0.465 e. The Morgan fingerprint density at radius 1 is 1.04 bits per heavy atom. The maximum Gasteiger partial charge on any atom is 0.338 e. The number of hydrogen-bond donors (Lipinski definition) is 4. The molecule has 2 aromatic rings. The summed E-state index contributed by atoms with van der Waals surface area (Å²) in [6, 6.07) is 14.9. The number of anilines is 1. The summed E-state index contributed by atoms with van der Waals surface area (Å²) in [6.45, 7) is 4.46. The third kappa shape index (κ3) is 8.56. The second-order valence-electron chi connectivity index (χ2n) is 10.9. The molecule has 1 saturated heterocycles. The summed E-state index contributed by atoms with van der Waals surface area (Å²) in [5.74, 6) is -3.08. The van der Waals surface area contributed by atoms with Crippen LogP contribution in [0.1, 0.15) is 30.9 Å². The average Bonchev–Trinajstić information content (AvgIpc) is 3.18. The molecule has 248 valence electrons. The first kappa shape index (κ1) is 34.7. The number of aliphatic hydroxyl groups is 3. The van der Waals surface area contributed by atoms with Crippen LogP contribution in [0, 0.1) is 0 Å². The van der Waals surface area contributed by atoms with Gasteiger partial charge in [0.05, 0.1) is 12.6 Å². The van der Waals surface area contributed by atoms with Crippen molar-refractivity contribution in [2.45, 2.75) is 75.4 Å². The molecule has 4 rings (SSSR count). The predicted octanol–water partition coefficient (Wildman–Crippen LogP) is 0.569. The van der Waals surface area contributed by atoms with Crippen molar-refractivity contribution in [3.63, 3.8) is 0 Å². The summed E-state index contributed by atoms with van der Waals surface area (Å²) < 4.78 is 20.8. The fourth-order valence-electron chi connectivity index (χ4n) is 5.40. The van der Waals surface area contributed by atoms with Crippen molar-refractivity contribution in [1.82, 2.24) is 5.32 Å². The molecule has 2 heterocycles. The number of carbonyl (C=O) groups excluding carboxylic acids is 4. The van der Waals surface area contributed by atoms with E-state index in [4.69, 9.17) is 18.9 Å². The SMILES string of the molecule is C=CCOC(=O)[C@@H]1O[C@@H](OC(=O)CN2C(=O)[C@@H](N[C@@H](CCc3ccccc3)C(=O)OCC)CCc3ccccc32)[C@H](O)[C@H](O)[C@@H]1O. The summed E-state index contributed by atoms with van der Waals surface area (Å²) in [7, 11) is 0. The third-order valence-electron chi connectivity index (χ3n) is 7.77. The van der Waals surface area contributed by atoms with Crippen LogP contribution in [0.5, 0.6) is 0 Å². The summed E-state index contributed by atoms with van der Waals surface area (Å²) in [6.07, 6.45) is -6.30. The largest absolute Gasteiger partial charge is 0.465 e. The first-order valence-corrected chi connectivity index (χ1v) is 15.2. The smallest absolute Gasteiger partial charge is 0.338 e. The van der Waals surface area contributed by atoms with Gasteiger partial charge in [-0.2, -0.15) is 0 Å². The van der Waals surface area contributed by atoms with E-state index >= 15 is 0 Å². The highest BCUT2D eigenvalue weighted by atomic mass is 16.7. The van der Waals surface area contributed by atoms with Crippen LogP contribution >= 0.6 is 0 Å². The molecule has 2 aliphatic rings. The zero-order valence-electron chi connectivity index (χ0n) is 25.5. The molecule has 0 spiro atoms. The Hall–Kier alpha value is -4.14. The van der Waals surface area contributed by atoms with Crippen LogP contribution in [0.3, 0.4) is 0 Å². The number of benzene rings is 2. The predicted molar refractivity (Wildman–Crippen MR) is 163 cm³/mol. The second-order valence-corrected chi connectivity index (χ2v) is 10.9. The van der Waals surface area contributed by atoms with Gasteiger partial charge in [-0.05, 0) is 49.8 Å². The molecule has 7 atom stereocenters. The zero-order valence-corrected chi connectivity index (χ0v) is 25.5. The van der Waals surface area contributed by atoms with Gasteiger partial charge in [-0.15, -0.1) is 0 Å². The Kier molecular flexibility index (Phi) is 12.4. The lowest BCUT2D eigenvalue weighted by Gasteiger charge is -2.38. The lowest BCUT2D eigenvalue weighted by Crippen LogP contribution is -2.61. The molecule has 1 fully saturated rings. The topological polar surface area (TPSA) is 181 Å². The van der Waals surface area contributed by atoms with E-state index in [1.807, 2.05) is 36.4 Å². The van der Waals surface area contributed by atoms with Crippen LogP contribution in [0.15, 0.2) is 67.3 Å². The fraction of sp³-hybridized carbons (Fsp3) is 0.455. The quantitative estimate of drug-likeness (QED) is 0.136. The lowest BCUT2D eigenvalue weighted by molar-refractivity contribution is -0.286. The number of rotatable bonds is 13. The van der Waals surface area contributed by atoms with Crippen molar-refractivity contribution >= 4 is 29.5 Å². The van der Waals surface area contributed by atoms with Gasteiger partial charge in [0.15, 0.2) is 6.10 Å². The van der Waals surface area contributed by atoms with Gasteiger partial charge in [0.1, 0.15) is 37.5 Å². The molecule has 46 heavy (non-hydrogen) atoms. The number of aryl methyl sites for hydroxylation is 2. The lowest BCUT2D eigenvalue weighted by atomic mass is 9.99. The molecule has 0 aromatic heterocycles. The van der Waals surface area contributed by atoms with Crippen LogP contribution in [0.25, 0.3) is 0 Å². The summed E-state index contributed by atoms with van der Waals surface area (Å²) >= 11 is 0. The summed E-state index contributed by atoms with van der Waals surface area (Å²) in [4.78, 5) is 53.8. The van der Waals surface area contributed by atoms with E-state index in [0.717, 1.165) is 11.1 Å². The van der Waals surface area contributed by atoms with Crippen molar-refractivity contribution in [3.05, 3.63) is 78.4 Å². The first-order valence-electron chi connectivity index (χ1n) is 15.2. The molecule has 0 unspecified atom stereocenters. The second kappa shape index (κ2) is 16.4. The normalized spacial score (nSPS) is 25.0. The van der Waals surface area contributed by atoms with E-state index < -0.39 is 73.1 Å². The van der Waals surface area contributed by atoms with Crippen molar-refractivity contribution < 1.29 is 53.4 Å². The van der Waals surface area contributed by atoms with Crippen LogP contribution in [-0.4, -0.2) is 102 Å². The molecule has 0 aliphatic carbocycles. The van der Waals surface area contributed by atoms with E-state index in [1.165, 1.54) is 11.0 Å². The zero-order chi connectivity index (χ0) is 33.2. The van der Waals surface area contributed by atoms with Gasteiger partial charge in [-0.25, -0.2) is 4.79 Å². The standard InChI is InChI=1S/C33H40N2O11/c1-3-18-44-32(42)29-27(38)26(37)28(39)33(46-29)45-25(36)19-35-24-13-9-8-12-21(24)15-17-22(30(35)40)34-23(31(41)43-4-2)16-14-20-10-6-5-7-11-20/h3,5-13,22-23,26-29,33-34,37-39H,1,4,14-19H2,2H3/t22-,23-,26+,27-,28+,29+,33+/m0/s1. The van der Waals surface area contributed by atoms with Gasteiger partial charge in [-0.1, -0.05) is 61.2 Å². The minimum atomic E-state index is -1.90. The summed E-state index contributed by atoms with van der Waals surface area (Å²) in [5, 5.41) is 34.2. The maximum absolute atomic E-state index is 14.0. The molecule has 0 saturated carbocycles. The maximum atomic E-state index is 14.0. The van der Waals surface area contributed by atoms with E-state index in [-0.39, 0.29) is 13.2 Å². The van der Waals surface area contributed by atoms with Gasteiger partial charge < -0.3 is 34.3 Å². The number of amides is 1. The molecular weight excluding hydrogens is 600 g/mol. The highest BCUT2D eigenvalue weighted by molar-refractivity contribution is 6.02. The van der Waals surface area contributed by atoms with Crippen molar-refractivity contribution in [3.8, 4) is 0 Å². The van der Waals surface area contributed by atoms with Crippen LogP contribution in [0.2, 0.25) is 0 Å². The fourth-order valence-corrected chi connectivity index (χ4v) is 5.40. The molecule has 2 aliphatic heterocycles. The molecular formula is C33H40N2O11. The highest BCUT2D eigenvalue weighted by Crippen LogP contribution is 2.28. The molecule has 13 heteroatoms. The molecule has 1 amide bonds. The van der Waals surface area contributed by atoms with E-state index in [9.17, 15) is 34.5 Å². The third-order valence-corrected chi connectivity index (χ3v) is 7.77. The number of nitrogens with zero attached hydrogens (tertiary/aromatic N) is 1. The van der Waals surface area contributed by atoms with Gasteiger partial charge in [0.25, 0.3) is 0 Å². The number of nitrogens with one attached hydrogen (secondary N) is 1. The number of ether oxygens (including phenoxy) is 4. The van der Waals surface area contributed by atoms with E-state index in [0.29, 0.717) is 31.4 Å². The minimum absolute atomic E-state index is 0.165. The molecule has 4 N–H and O–H groups in total. The Balaban J connectivity index is 1.51. The van der Waals surface area contributed by atoms with Crippen molar-refractivity contribution in [2.24, 2.45) is 0 Å². The number of aliphatic hydroxyl groups excluding tert-OH is 3. The number of hydrogen-bond acceptors (Lipinski definition) is 12. The number of carbonyl (C=O) groups is 4. The Morgan fingerprint density at radius 2 is 1.76 bits per heavy atom. The van der Waals surface area contributed by atoms with Gasteiger partial charge in [0, 0.05) is 5.69 Å². The van der Waals surface area contributed by atoms with Gasteiger partial charge in [-0.3, -0.25) is 24.6 Å². The molecule has 2 aromatic carbocycles. The number of fused-ring (bicyclic) bond motifs is 1. The molecule has 0 bridgehead atoms. The number of para-hydroxylation sites is 1.